The summed E-state index contributed by atoms with van der Waals surface area (Å²) < 4.78 is 0. The van der Waals surface area contributed by atoms with E-state index in [-0.39, 0.29) is 70.6 Å². The third-order valence-electron chi connectivity index (χ3n) is 13.9. The van der Waals surface area contributed by atoms with Gasteiger partial charge in [-0.15, -0.1) is 0 Å². The van der Waals surface area contributed by atoms with E-state index in [2.05, 4.69) is 53.2 Å². The van der Waals surface area contributed by atoms with Crippen molar-refractivity contribution in [2.45, 2.75) is 210 Å². The lowest BCUT2D eigenvalue weighted by Gasteiger charge is -2.29. The average molecular weight is 1270 g/mol. The molecular formula is C55H96N16O18. The van der Waals surface area contributed by atoms with Crippen LogP contribution in [0.25, 0.3) is 0 Å². The van der Waals surface area contributed by atoms with Gasteiger partial charge in [0.15, 0.2) is 0 Å². The first-order chi connectivity index (χ1) is 41.8. The number of nitrogens with one attached hydrogen (secondary N) is 10. The average Bonchev–Trinajstić information content (AvgIpc) is 4.25. The molecule has 0 spiro atoms. The van der Waals surface area contributed by atoms with Crippen LogP contribution < -0.4 is 81.8 Å². The minimum atomic E-state index is -1.87. The predicted octanol–water partition coefficient (Wildman–Crippen LogP) is -6.99. The molecule has 0 saturated heterocycles. The van der Waals surface area contributed by atoms with Gasteiger partial charge in [-0.1, -0.05) is 26.0 Å². The maximum Gasteiger partial charge on any atom is 0.326 e. The highest BCUT2D eigenvalue weighted by Crippen LogP contribution is 2.14. The fraction of sp³-hybridized carbons (Fsp3) is 0.709. The summed E-state index contributed by atoms with van der Waals surface area (Å²) in [7, 11) is 0. The van der Waals surface area contributed by atoms with E-state index in [1.807, 2.05) is 0 Å². The molecule has 89 heavy (non-hydrogen) atoms. The first-order valence-corrected chi connectivity index (χ1v) is 29.7. The van der Waals surface area contributed by atoms with Gasteiger partial charge in [0, 0.05) is 19.4 Å². The Kier molecular flexibility index (Phi) is 36.7. The van der Waals surface area contributed by atoms with E-state index in [1.54, 1.807) is 13.8 Å². The van der Waals surface area contributed by atoms with Crippen LogP contribution in [-0.2, 0) is 67.1 Å². The smallest absolute Gasteiger partial charge is 0.326 e. The van der Waals surface area contributed by atoms with Crippen molar-refractivity contribution in [3.63, 3.8) is 0 Å². The van der Waals surface area contributed by atoms with Crippen LogP contribution in [0.4, 0.5) is 0 Å². The Morgan fingerprint density at radius 1 is 0.494 bits per heavy atom. The van der Waals surface area contributed by atoms with E-state index in [1.165, 1.54) is 32.9 Å². The number of hydrogen-bond acceptors (Lipinski definition) is 20. The van der Waals surface area contributed by atoms with Crippen molar-refractivity contribution < 1.29 is 87.5 Å². The Bertz CT molecular complexity index is 2450. The predicted molar refractivity (Wildman–Crippen MR) is 319 cm³/mol. The number of aliphatic hydroxyl groups excluding tert-OH is 2. The molecule has 0 aromatic rings. The Balaban J connectivity index is 3.45. The van der Waals surface area contributed by atoms with Gasteiger partial charge in [0.25, 0.3) is 0 Å². The topological polar surface area (TPSA) is 574 Å². The van der Waals surface area contributed by atoms with Crippen LogP contribution in [0.15, 0.2) is 12.2 Å². The molecule has 0 aromatic carbocycles. The zero-order chi connectivity index (χ0) is 67.7. The maximum absolute atomic E-state index is 14.4. The fourth-order valence-electron chi connectivity index (χ4n) is 8.82. The SMILES string of the molecule is CC(C)C[C@H](NC(=O)[C@H](CCCCN)NC(=O)[C@H](CCCCN)NC(=O)[C@H](C)NC(=O)[C@@H](NC(=O)[C@@H]1C=CCN1C(=O)CNC(=O)[C@H](C)N)[C@@H](C)O)C(=O)N[C@@H](CCCCN)C(=O)N[C@H](C(=O)N[C@@H](CCC(=O)O)C(=O)N[C@@H](CCC(N)=O)C(=O)O)[C@@H](C)O. The number of aliphatic hydroxyl groups is 2. The van der Waals surface area contributed by atoms with E-state index >= 15 is 0 Å². The molecule has 0 saturated carbocycles. The van der Waals surface area contributed by atoms with Crippen molar-refractivity contribution in [1.82, 2.24) is 58.1 Å². The normalized spacial score (nSPS) is 16.8. The Labute approximate surface area is 516 Å². The summed E-state index contributed by atoms with van der Waals surface area (Å²) in [4.78, 5) is 185. The van der Waals surface area contributed by atoms with Gasteiger partial charge < -0.3 is 107 Å². The van der Waals surface area contributed by atoms with E-state index in [0.29, 0.717) is 25.7 Å². The first-order valence-electron chi connectivity index (χ1n) is 29.7. The number of aliphatic carboxylic acids is 2. The van der Waals surface area contributed by atoms with Crippen LogP contribution in [0.1, 0.15) is 131 Å². The number of carboxylic acid groups (broad SMARTS) is 2. The first kappa shape index (κ1) is 79.1. The highest BCUT2D eigenvalue weighted by molar-refractivity contribution is 5.99. The summed E-state index contributed by atoms with van der Waals surface area (Å²) >= 11 is 0. The number of carbonyl (C=O) groups is 14. The Morgan fingerprint density at radius 2 is 0.899 bits per heavy atom. The minimum Gasteiger partial charge on any atom is -0.481 e. The molecule has 34 nitrogen and oxygen atoms in total. The summed E-state index contributed by atoms with van der Waals surface area (Å²) in [6.07, 6.45) is -0.784. The van der Waals surface area contributed by atoms with Gasteiger partial charge in [0.1, 0.15) is 60.4 Å². The highest BCUT2D eigenvalue weighted by atomic mass is 16.4. The van der Waals surface area contributed by atoms with E-state index < -0.39 is 194 Å². The zero-order valence-corrected chi connectivity index (χ0v) is 51.5. The van der Waals surface area contributed by atoms with Crippen molar-refractivity contribution in [1.29, 1.82) is 0 Å². The summed E-state index contributed by atoms with van der Waals surface area (Å²) in [6, 6.07) is -16.1. The number of carbonyl (C=O) groups excluding carboxylic acids is 12. The zero-order valence-electron chi connectivity index (χ0n) is 51.5. The van der Waals surface area contributed by atoms with Crippen LogP contribution in [0, 0.1) is 5.92 Å². The number of primary amides is 1. The molecule has 24 N–H and O–H groups in total. The minimum absolute atomic E-state index is 0.00960. The number of rotatable bonds is 44. The molecule has 0 bridgehead atoms. The molecule has 1 heterocycles. The third kappa shape index (κ3) is 29.8. The summed E-state index contributed by atoms with van der Waals surface area (Å²) in [5.41, 5.74) is 27.9. The third-order valence-corrected chi connectivity index (χ3v) is 13.9. The van der Waals surface area contributed by atoms with Gasteiger partial charge in [0.05, 0.1) is 24.8 Å². The number of carboxylic acids is 2. The molecule has 0 fully saturated rings. The second-order valence-electron chi connectivity index (χ2n) is 22.2. The molecule has 34 heteroatoms. The summed E-state index contributed by atoms with van der Waals surface area (Å²) in [5, 5.41) is 64.7. The van der Waals surface area contributed by atoms with Crippen LogP contribution in [0.2, 0.25) is 0 Å². The van der Waals surface area contributed by atoms with Crippen molar-refractivity contribution in [3.05, 3.63) is 12.2 Å². The van der Waals surface area contributed by atoms with Crippen molar-refractivity contribution >= 4 is 82.8 Å². The van der Waals surface area contributed by atoms with Gasteiger partial charge in [-0.3, -0.25) is 62.3 Å². The summed E-state index contributed by atoms with van der Waals surface area (Å²) in [5.74, 6) is -14.2. The molecule has 1 aliphatic rings. The van der Waals surface area contributed by atoms with Crippen LogP contribution in [0.3, 0.4) is 0 Å². The molecule has 1 aliphatic heterocycles. The molecular weight excluding hydrogens is 1170 g/mol. The molecule has 0 aliphatic carbocycles. The number of amides is 12. The van der Waals surface area contributed by atoms with Crippen molar-refractivity contribution in [2.75, 3.05) is 32.7 Å². The Morgan fingerprint density at radius 3 is 1.34 bits per heavy atom. The lowest BCUT2D eigenvalue weighted by Crippen LogP contribution is -2.62. The molecule has 1 rings (SSSR count). The number of unbranched alkanes of at least 4 members (excludes halogenated alkanes) is 3. The number of nitrogens with zero attached hydrogens (tertiary/aromatic N) is 1. The van der Waals surface area contributed by atoms with Gasteiger partial charge in [-0.25, -0.2) is 4.79 Å². The molecule has 12 amide bonds. The molecule has 0 unspecified atom stereocenters. The molecule has 0 aromatic heterocycles. The highest BCUT2D eigenvalue weighted by Gasteiger charge is 2.38. The largest absolute Gasteiger partial charge is 0.481 e. The Hall–Kier alpha value is -7.92. The lowest BCUT2D eigenvalue weighted by atomic mass is 10.00. The van der Waals surface area contributed by atoms with Gasteiger partial charge in [-0.05, 0) is 130 Å². The van der Waals surface area contributed by atoms with E-state index in [4.69, 9.17) is 28.7 Å². The summed E-state index contributed by atoms with van der Waals surface area (Å²) in [6.45, 7) is 8.54. The van der Waals surface area contributed by atoms with Gasteiger partial charge >= 0.3 is 11.9 Å². The van der Waals surface area contributed by atoms with Crippen LogP contribution in [0.5, 0.6) is 0 Å². The van der Waals surface area contributed by atoms with E-state index in [9.17, 15) is 87.5 Å². The molecule has 13 atom stereocenters. The second-order valence-corrected chi connectivity index (χ2v) is 22.2. The molecule has 504 valence electrons. The van der Waals surface area contributed by atoms with Crippen LogP contribution >= 0.6 is 0 Å². The van der Waals surface area contributed by atoms with E-state index in [0.717, 1.165) is 11.8 Å². The van der Waals surface area contributed by atoms with Crippen molar-refractivity contribution in [3.8, 4) is 0 Å². The quantitative estimate of drug-likeness (QED) is 0.0199. The molecule has 0 radical (unpaired) electrons. The second kappa shape index (κ2) is 41.3. The number of hydrogen-bond donors (Lipinski definition) is 19. The van der Waals surface area contributed by atoms with Gasteiger partial charge in [-0.2, -0.15) is 0 Å². The maximum atomic E-state index is 14.4. The lowest BCUT2D eigenvalue weighted by molar-refractivity contribution is -0.143. The van der Waals surface area contributed by atoms with Crippen LogP contribution in [-0.4, -0.2) is 220 Å². The fourth-order valence-corrected chi connectivity index (χ4v) is 8.82. The van der Waals surface area contributed by atoms with Gasteiger partial charge in [0.2, 0.25) is 70.9 Å². The number of nitrogens with two attached hydrogens (primary N) is 5. The monoisotopic (exact) mass is 1270 g/mol. The van der Waals surface area contributed by atoms with Crippen molar-refractivity contribution in [2.24, 2.45) is 34.6 Å². The standard InChI is InChI=1S/C55H96N16O18/c1-28(2)26-38(51(84)65-35(16-9-12-24-58)50(83)69-44(32(6)73)54(87)66-36(19-21-42(76)77)49(82)67-37(55(88)89)18-20-40(60)74)68-48(81)34(15-8-11-23-57)64-47(80)33(14-7-10-22-56)63-46(79)30(4)62-53(86)43(31(5)72)70-52(85)39-17-13-25-71(39)41(75)27-61-45(78)29(3)59/h13,17,28-39,43-44,72-73H,7-12,14-16,18-27,56-59H2,1-6H3,(H2,60,74)(H,61,78)(H,62,86)(H,63,79)(H,64,80)(H,65,84)(H,66,87)(H,67,82)(H,68,81)(H,69,83)(H,70,85)(H,76,77)(H,88,89)/t29-,30-,31+,32+,33-,34-,35-,36-,37-,38-,39-,43-,44-/m0/s1.